The maximum atomic E-state index is 11.2. The topological polar surface area (TPSA) is 34.6 Å². The number of carbonyl (C=O) groups excluding carboxylic acids is 1. The van der Waals surface area contributed by atoms with Gasteiger partial charge in [-0.15, -0.1) is 0 Å². The fraction of sp³-hybridized carbons (Fsp3) is 0.0714. The van der Waals surface area contributed by atoms with Crippen LogP contribution in [0.1, 0.15) is 16.1 Å². The van der Waals surface area contributed by atoms with Gasteiger partial charge in [0.25, 0.3) is 0 Å². The SMILES string of the molecule is Cc1ccn2c(C=O)c(-c3ccco3)cc2c1. The first-order valence-corrected chi connectivity index (χ1v) is 5.40. The Kier molecular flexibility index (Phi) is 2.11. The third kappa shape index (κ3) is 1.47. The van der Waals surface area contributed by atoms with E-state index in [0.29, 0.717) is 11.5 Å². The fourth-order valence-electron chi connectivity index (χ4n) is 2.06. The molecule has 0 unspecified atom stereocenters. The van der Waals surface area contributed by atoms with Gasteiger partial charge in [-0.2, -0.15) is 0 Å². The van der Waals surface area contributed by atoms with Crippen LogP contribution in [0.5, 0.6) is 0 Å². The van der Waals surface area contributed by atoms with Gasteiger partial charge in [0, 0.05) is 17.3 Å². The normalized spacial score (nSPS) is 10.9. The number of aldehydes is 1. The summed E-state index contributed by atoms with van der Waals surface area (Å²) in [6.07, 6.45) is 4.37. The lowest BCUT2D eigenvalue weighted by molar-refractivity contribution is 0.111. The molecule has 3 aromatic rings. The third-order valence-electron chi connectivity index (χ3n) is 2.87. The molecule has 0 saturated carbocycles. The number of hydrogen-bond donors (Lipinski definition) is 0. The highest BCUT2D eigenvalue weighted by molar-refractivity contribution is 5.88. The molecule has 0 bridgehead atoms. The highest BCUT2D eigenvalue weighted by Crippen LogP contribution is 2.27. The van der Waals surface area contributed by atoms with Crippen molar-refractivity contribution in [2.75, 3.05) is 0 Å². The maximum Gasteiger partial charge on any atom is 0.167 e. The van der Waals surface area contributed by atoms with Crippen LogP contribution in [0.15, 0.2) is 47.2 Å². The van der Waals surface area contributed by atoms with E-state index in [9.17, 15) is 4.79 Å². The summed E-state index contributed by atoms with van der Waals surface area (Å²) in [7, 11) is 0. The Hall–Kier alpha value is -2.29. The van der Waals surface area contributed by atoms with Crippen LogP contribution in [0, 0.1) is 6.92 Å². The number of aryl methyl sites for hydroxylation is 1. The highest BCUT2D eigenvalue weighted by atomic mass is 16.3. The average Bonchev–Trinajstić information content (AvgIpc) is 2.94. The van der Waals surface area contributed by atoms with Crippen molar-refractivity contribution < 1.29 is 9.21 Å². The summed E-state index contributed by atoms with van der Waals surface area (Å²) >= 11 is 0. The van der Waals surface area contributed by atoms with E-state index in [1.54, 1.807) is 6.26 Å². The predicted molar refractivity (Wildman–Crippen MR) is 65.2 cm³/mol. The van der Waals surface area contributed by atoms with Crippen molar-refractivity contribution in [1.82, 2.24) is 4.40 Å². The van der Waals surface area contributed by atoms with E-state index in [4.69, 9.17) is 4.42 Å². The largest absolute Gasteiger partial charge is 0.464 e. The molecular formula is C14H11NO2. The number of aromatic nitrogens is 1. The Bertz CT molecular complexity index is 678. The van der Waals surface area contributed by atoms with E-state index in [2.05, 4.69) is 0 Å². The number of hydrogen-bond acceptors (Lipinski definition) is 2. The number of nitrogens with zero attached hydrogens (tertiary/aromatic N) is 1. The lowest BCUT2D eigenvalue weighted by Crippen LogP contribution is -1.91. The van der Waals surface area contributed by atoms with Crippen LogP contribution in [-0.4, -0.2) is 10.7 Å². The summed E-state index contributed by atoms with van der Waals surface area (Å²) in [6.45, 7) is 2.03. The van der Waals surface area contributed by atoms with E-state index in [0.717, 1.165) is 17.4 Å². The van der Waals surface area contributed by atoms with Crippen LogP contribution in [0.25, 0.3) is 16.8 Å². The van der Waals surface area contributed by atoms with Crippen molar-refractivity contribution in [2.45, 2.75) is 6.92 Å². The molecule has 0 spiro atoms. The van der Waals surface area contributed by atoms with E-state index < -0.39 is 0 Å². The Morgan fingerprint density at radius 1 is 1.29 bits per heavy atom. The van der Waals surface area contributed by atoms with E-state index >= 15 is 0 Å². The zero-order chi connectivity index (χ0) is 11.8. The summed E-state index contributed by atoms with van der Waals surface area (Å²) in [6, 6.07) is 9.66. The Labute approximate surface area is 98.3 Å². The number of fused-ring (bicyclic) bond motifs is 1. The molecule has 3 nitrogen and oxygen atoms in total. The molecule has 0 fully saturated rings. The van der Waals surface area contributed by atoms with Crippen LogP contribution >= 0.6 is 0 Å². The zero-order valence-electron chi connectivity index (χ0n) is 9.38. The zero-order valence-corrected chi connectivity index (χ0v) is 9.38. The first-order chi connectivity index (χ1) is 8.29. The van der Waals surface area contributed by atoms with Crippen molar-refractivity contribution in [3.05, 3.63) is 54.0 Å². The molecule has 0 aliphatic rings. The summed E-state index contributed by atoms with van der Waals surface area (Å²) in [5, 5.41) is 0. The van der Waals surface area contributed by atoms with Crippen molar-refractivity contribution >= 4 is 11.8 Å². The molecule has 3 heterocycles. The Morgan fingerprint density at radius 3 is 2.88 bits per heavy atom. The van der Waals surface area contributed by atoms with Gasteiger partial charge in [0.15, 0.2) is 6.29 Å². The molecule has 0 atom stereocenters. The van der Waals surface area contributed by atoms with Gasteiger partial charge in [0.1, 0.15) is 5.76 Å². The van der Waals surface area contributed by atoms with E-state index in [1.165, 1.54) is 5.56 Å². The standard InChI is InChI=1S/C14H11NO2/c1-10-4-5-15-11(7-10)8-12(13(15)9-16)14-3-2-6-17-14/h2-9H,1H3. The minimum Gasteiger partial charge on any atom is -0.464 e. The average molecular weight is 225 g/mol. The van der Waals surface area contributed by atoms with Crippen molar-refractivity contribution in [3.63, 3.8) is 0 Å². The molecule has 0 aliphatic carbocycles. The first kappa shape index (κ1) is 9.90. The van der Waals surface area contributed by atoms with Gasteiger partial charge >= 0.3 is 0 Å². The first-order valence-electron chi connectivity index (χ1n) is 5.40. The summed E-state index contributed by atoms with van der Waals surface area (Å²) in [5.74, 6) is 0.716. The molecule has 3 rings (SSSR count). The molecule has 0 radical (unpaired) electrons. The third-order valence-corrected chi connectivity index (χ3v) is 2.87. The number of furan rings is 1. The number of pyridine rings is 1. The number of rotatable bonds is 2. The predicted octanol–water partition coefficient (Wildman–Crippen LogP) is 3.32. The van der Waals surface area contributed by atoms with E-state index in [-0.39, 0.29) is 0 Å². The van der Waals surface area contributed by atoms with Gasteiger partial charge in [0.2, 0.25) is 0 Å². The van der Waals surface area contributed by atoms with Crippen LogP contribution in [-0.2, 0) is 0 Å². The molecular weight excluding hydrogens is 214 g/mol. The second kappa shape index (κ2) is 3.63. The summed E-state index contributed by atoms with van der Waals surface area (Å²) in [4.78, 5) is 11.2. The quantitative estimate of drug-likeness (QED) is 0.627. The van der Waals surface area contributed by atoms with Gasteiger partial charge in [-0.3, -0.25) is 4.79 Å². The molecule has 0 aliphatic heterocycles. The molecule has 3 heteroatoms. The van der Waals surface area contributed by atoms with Crippen molar-refractivity contribution in [1.29, 1.82) is 0 Å². The monoisotopic (exact) mass is 225 g/mol. The van der Waals surface area contributed by atoms with Gasteiger partial charge in [-0.25, -0.2) is 0 Å². The highest BCUT2D eigenvalue weighted by Gasteiger charge is 2.13. The van der Waals surface area contributed by atoms with E-state index in [1.807, 2.05) is 47.9 Å². The Balaban J connectivity index is 2.35. The van der Waals surface area contributed by atoms with Crippen molar-refractivity contribution in [2.24, 2.45) is 0 Å². The fourth-order valence-corrected chi connectivity index (χ4v) is 2.06. The molecule has 0 aromatic carbocycles. The summed E-state index contributed by atoms with van der Waals surface area (Å²) < 4.78 is 7.22. The van der Waals surface area contributed by atoms with Crippen LogP contribution in [0.2, 0.25) is 0 Å². The minimum atomic E-state index is 0.620. The van der Waals surface area contributed by atoms with Gasteiger partial charge in [-0.05, 0) is 42.8 Å². The lowest BCUT2D eigenvalue weighted by atomic mass is 10.2. The van der Waals surface area contributed by atoms with Gasteiger partial charge in [0.05, 0.1) is 12.0 Å². The molecule has 84 valence electrons. The van der Waals surface area contributed by atoms with Crippen molar-refractivity contribution in [3.8, 4) is 11.3 Å². The van der Waals surface area contributed by atoms with Crippen LogP contribution in [0.3, 0.4) is 0 Å². The van der Waals surface area contributed by atoms with Crippen LogP contribution in [0.4, 0.5) is 0 Å². The molecule has 0 amide bonds. The molecule has 3 aromatic heterocycles. The molecule has 17 heavy (non-hydrogen) atoms. The smallest absolute Gasteiger partial charge is 0.167 e. The van der Waals surface area contributed by atoms with Gasteiger partial charge in [-0.1, -0.05) is 0 Å². The van der Waals surface area contributed by atoms with Gasteiger partial charge < -0.3 is 8.82 Å². The van der Waals surface area contributed by atoms with Crippen LogP contribution < -0.4 is 0 Å². The maximum absolute atomic E-state index is 11.2. The molecule has 0 N–H and O–H groups in total. The summed E-state index contributed by atoms with van der Waals surface area (Å²) in [5.41, 5.74) is 3.61. The Morgan fingerprint density at radius 2 is 2.18 bits per heavy atom. The number of carbonyl (C=O) groups is 1. The second-order valence-corrected chi connectivity index (χ2v) is 4.04. The second-order valence-electron chi connectivity index (χ2n) is 4.04. The minimum absolute atomic E-state index is 0.620. The molecule has 0 saturated heterocycles. The lowest BCUT2D eigenvalue weighted by Gasteiger charge is -1.98.